The number of halogens is 1. The fraction of sp³-hybridized carbons (Fsp3) is 0.462. The van der Waals surface area contributed by atoms with Crippen molar-refractivity contribution in [2.75, 3.05) is 13.1 Å². The Hall–Kier alpha value is -1.62. The molecule has 0 saturated carbocycles. The first-order chi connectivity index (χ1) is 9.06. The van der Waals surface area contributed by atoms with Crippen LogP contribution in [0.5, 0.6) is 0 Å². The first-order valence-electron chi connectivity index (χ1n) is 6.19. The number of carbonyl (C=O) groups is 2. The lowest BCUT2D eigenvalue weighted by molar-refractivity contribution is -0.138. The van der Waals surface area contributed by atoms with Gasteiger partial charge in [-0.15, -0.1) is 0 Å². The molecule has 6 heteroatoms. The summed E-state index contributed by atoms with van der Waals surface area (Å²) in [6.07, 6.45) is 3.30. The fourth-order valence-corrected chi connectivity index (χ4v) is 2.56. The Balaban J connectivity index is 2.04. The highest BCUT2D eigenvalue weighted by Crippen LogP contribution is 2.21. The maximum atomic E-state index is 12.3. The van der Waals surface area contributed by atoms with Gasteiger partial charge < -0.3 is 10.0 Å². The van der Waals surface area contributed by atoms with Crippen molar-refractivity contribution in [1.29, 1.82) is 0 Å². The van der Waals surface area contributed by atoms with Gasteiger partial charge in [-0.25, -0.2) is 4.98 Å². The van der Waals surface area contributed by atoms with E-state index in [4.69, 9.17) is 16.7 Å². The Morgan fingerprint density at radius 2 is 2.32 bits per heavy atom. The summed E-state index contributed by atoms with van der Waals surface area (Å²) in [5, 5.41) is 9.10. The molecule has 0 aromatic carbocycles. The number of likely N-dealkylation sites (tertiary alicyclic amines) is 1. The number of aromatic nitrogens is 1. The molecule has 1 atom stereocenters. The van der Waals surface area contributed by atoms with Crippen LogP contribution in [-0.2, 0) is 4.79 Å². The smallest absolute Gasteiger partial charge is 0.303 e. The minimum Gasteiger partial charge on any atom is -0.481 e. The second kappa shape index (κ2) is 6.02. The highest BCUT2D eigenvalue weighted by Gasteiger charge is 2.26. The number of nitrogens with zero attached hydrogens (tertiary/aromatic N) is 2. The largest absolute Gasteiger partial charge is 0.481 e. The molecule has 2 heterocycles. The van der Waals surface area contributed by atoms with Crippen LogP contribution in [0.15, 0.2) is 18.3 Å². The van der Waals surface area contributed by atoms with Crippen molar-refractivity contribution in [1.82, 2.24) is 9.88 Å². The van der Waals surface area contributed by atoms with Crippen LogP contribution < -0.4 is 0 Å². The molecule has 0 aliphatic carbocycles. The molecule has 1 aliphatic heterocycles. The van der Waals surface area contributed by atoms with Gasteiger partial charge in [0.05, 0.1) is 0 Å². The molecule has 1 unspecified atom stereocenters. The van der Waals surface area contributed by atoms with Gasteiger partial charge in [-0.3, -0.25) is 9.59 Å². The second-order valence-electron chi connectivity index (χ2n) is 4.72. The van der Waals surface area contributed by atoms with Crippen LogP contribution in [0.2, 0.25) is 5.15 Å². The van der Waals surface area contributed by atoms with Crippen LogP contribution in [0.25, 0.3) is 0 Å². The highest BCUT2D eigenvalue weighted by atomic mass is 35.5. The summed E-state index contributed by atoms with van der Waals surface area (Å²) in [5.41, 5.74) is 0.496. The number of carboxylic acid groups (broad SMARTS) is 1. The van der Waals surface area contributed by atoms with Gasteiger partial charge in [0.1, 0.15) is 5.15 Å². The van der Waals surface area contributed by atoms with Crippen molar-refractivity contribution in [3.63, 3.8) is 0 Å². The van der Waals surface area contributed by atoms with E-state index in [9.17, 15) is 9.59 Å². The summed E-state index contributed by atoms with van der Waals surface area (Å²) in [4.78, 5) is 28.5. The summed E-state index contributed by atoms with van der Waals surface area (Å²) in [7, 11) is 0. The molecule has 0 radical (unpaired) electrons. The van der Waals surface area contributed by atoms with Crippen molar-refractivity contribution >= 4 is 23.5 Å². The molecule has 1 fully saturated rings. The van der Waals surface area contributed by atoms with E-state index in [1.807, 2.05) is 0 Å². The lowest BCUT2D eigenvalue weighted by Crippen LogP contribution is -2.40. The normalized spacial score (nSPS) is 19.2. The molecule has 1 saturated heterocycles. The molecule has 1 aliphatic rings. The average molecular weight is 283 g/mol. The zero-order valence-corrected chi connectivity index (χ0v) is 11.1. The van der Waals surface area contributed by atoms with Gasteiger partial charge in [0.15, 0.2) is 0 Å². The van der Waals surface area contributed by atoms with Gasteiger partial charge in [-0.1, -0.05) is 11.6 Å². The fourth-order valence-electron chi connectivity index (χ4n) is 2.38. The van der Waals surface area contributed by atoms with Gasteiger partial charge in [0.2, 0.25) is 0 Å². The number of rotatable bonds is 3. The summed E-state index contributed by atoms with van der Waals surface area (Å²) in [6.45, 7) is 1.15. The summed E-state index contributed by atoms with van der Waals surface area (Å²) in [6, 6.07) is 3.15. The van der Waals surface area contributed by atoms with Crippen LogP contribution in [0.3, 0.4) is 0 Å². The number of piperidine rings is 1. The molecule has 2 rings (SSSR count). The SMILES string of the molecule is O=C(O)CC1CCCN(C(=O)c2ccnc(Cl)c2)C1. The lowest BCUT2D eigenvalue weighted by Gasteiger charge is -2.32. The predicted molar refractivity (Wildman–Crippen MR) is 70.1 cm³/mol. The minimum atomic E-state index is -0.814. The van der Waals surface area contributed by atoms with Crippen LogP contribution in [0.4, 0.5) is 0 Å². The Labute approximate surface area is 116 Å². The molecule has 1 N–H and O–H groups in total. The maximum Gasteiger partial charge on any atom is 0.303 e. The zero-order valence-electron chi connectivity index (χ0n) is 10.4. The Kier molecular flexibility index (Phi) is 4.37. The van der Waals surface area contributed by atoms with E-state index in [2.05, 4.69) is 4.98 Å². The van der Waals surface area contributed by atoms with E-state index < -0.39 is 5.97 Å². The molecule has 1 aromatic rings. The molecule has 1 amide bonds. The van der Waals surface area contributed by atoms with Gasteiger partial charge in [0, 0.05) is 31.3 Å². The molecule has 5 nitrogen and oxygen atoms in total. The summed E-state index contributed by atoms with van der Waals surface area (Å²) < 4.78 is 0. The Bertz CT molecular complexity index is 493. The number of aliphatic carboxylic acids is 1. The highest BCUT2D eigenvalue weighted by molar-refractivity contribution is 6.29. The summed E-state index contributed by atoms with van der Waals surface area (Å²) >= 11 is 5.77. The van der Waals surface area contributed by atoms with Crippen LogP contribution in [0.1, 0.15) is 29.6 Å². The van der Waals surface area contributed by atoms with Gasteiger partial charge in [0.25, 0.3) is 5.91 Å². The number of hydrogen-bond donors (Lipinski definition) is 1. The topological polar surface area (TPSA) is 70.5 Å². The Morgan fingerprint density at radius 1 is 1.53 bits per heavy atom. The third kappa shape index (κ3) is 3.67. The monoisotopic (exact) mass is 282 g/mol. The van der Waals surface area contributed by atoms with E-state index in [0.717, 1.165) is 12.8 Å². The number of carboxylic acids is 1. The van der Waals surface area contributed by atoms with E-state index in [-0.39, 0.29) is 23.4 Å². The predicted octanol–water partition coefficient (Wildman–Crippen LogP) is 2.06. The number of amides is 1. The van der Waals surface area contributed by atoms with Gasteiger partial charge >= 0.3 is 5.97 Å². The first-order valence-corrected chi connectivity index (χ1v) is 6.56. The summed E-state index contributed by atoms with van der Waals surface area (Å²) in [5.74, 6) is -0.891. The van der Waals surface area contributed by atoms with Crippen LogP contribution in [-0.4, -0.2) is 40.0 Å². The molecular weight excluding hydrogens is 268 g/mol. The molecule has 1 aromatic heterocycles. The molecule has 0 spiro atoms. The number of pyridine rings is 1. The van der Waals surface area contributed by atoms with Crippen molar-refractivity contribution in [2.45, 2.75) is 19.3 Å². The quantitative estimate of drug-likeness (QED) is 0.862. The van der Waals surface area contributed by atoms with Crippen molar-refractivity contribution < 1.29 is 14.7 Å². The number of carbonyl (C=O) groups excluding carboxylic acids is 1. The van der Waals surface area contributed by atoms with Crippen LogP contribution in [0, 0.1) is 5.92 Å². The van der Waals surface area contributed by atoms with E-state index in [1.54, 1.807) is 11.0 Å². The first kappa shape index (κ1) is 13.8. The van der Waals surface area contributed by atoms with E-state index in [1.165, 1.54) is 12.3 Å². The Morgan fingerprint density at radius 3 is 3.00 bits per heavy atom. The minimum absolute atomic E-state index is 0.0347. The van der Waals surface area contributed by atoms with Crippen molar-refractivity contribution in [3.8, 4) is 0 Å². The molecular formula is C13H15ClN2O3. The third-order valence-electron chi connectivity index (χ3n) is 3.24. The van der Waals surface area contributed by atoms with E-state index in [0.29, 0.717) is 18.7 Å². The lowest BCUT2D eigenvalue weighted by atomic mass is 9.94. The van der Waals surface area contributed by atoms with E-state index >= 15 is 0 Å². The third-order valence-corrected chi connectivity index (χ3v) is 3.45. The number of hydrogen-bond acceptors (Lipinski definition) is 3. The van der Waals surface area contributed by atoms with Crippen LogP contribution >= 0.6 is 11.6 Å². The molecule has 0 bridgehead atoms. The molecule has 19 heavy (non-hydrogen) atoms. The molecule has 102 valence electrons. The average Bonchev–Trinajstić information content (AvgIpc) is 2.37. The van der Waals surface area contributed by atoms with Gasteiger partial charge in [-0.05, 0) is 30.9 Å². The standard InChI is InChI=1S/C13H15ClN2O3/c14-11-7-10(3-4-15-11)13(19)16-5-1-2-9(8-16)6-12(17)18/h3-4,7,9H,1-2,5-6,8H2,(H,17,18). The maximum absolute atomic E-state index is 12.3. The van der Waals surface area contributed by atoms with Gasteiger partial charge in [-0.2, -0.15) is 0 Å². The second-order valence-corrected chi connectivity index (χ2v) is 5.11. The van der Waals surface area contributed by atoms with Crippen molar-refractivity contribution in [3.05, 3.63) is 29.0 Å². The van der Waals surface area contributed by atoms with Crippen molar-refractivity contribution in [2.24, 2.45) is 5.92 Å². The zero-order chi connectivity index (χ0) is 13.8.